The Balaban J connectivity index is 2.64. The van der Waals surface area contributed by atoms with Crippen LogP contribution in [0.1, 0.15) is 20.3 Å². The van der Waals surface area contributed by atoms with Crippen molar-refractivity contribution in [1.82, 2.24) is 4.90 Å². The molecule has 1 heterocycles. The number of rotatable bonds is 2. The van der Waals surface area contributed by atoms with E-state index in [1.165, 1.54) is 0 Å². The van der Waals surface area contributed by atoms with Crippen LogP contribution in [0.2, 0.25) is 0 Å². The van der Waals surface area contributed by atoms with E-state index < -0.39 is 11.9 Å². The minimum absolute atomic E-state index is 0.0359. The van der Waals surface area contributed by atoms with Gasteiger partial charge in [0.1, 0.15) is 6.04 Å². The van der Waals surface area contributed by atoms with Crippen LogP contribution in [0.25, 0.3) is 0 Å². The van der Waals surface area contributed by atoms with Crippen molar-refractivity contribution in [1.29, 1.82) is 0 Å². The monoisotopic (exact) mass is 170 g/mol. The summed E-state index contributed by atoms with van der Waals surface area (Å²) in [5, 5.41) is 0. The second-order valence-electron chi connectivity index (χ2n) is 3.43. The second-order valence-corrected chi connectivity index (χ2v) is 3.43. The lowest BCUT2D eigenvalue weighted by atomic mass is 10.2. The topological polar surface area (TPSA) is 63.4 Å². The van der Waals surface area contributed by atoms with Gasteiger partial charge < -0.3 is 10.6 Å². The average Bonchev–Trinajstić information content (AvgIpc) is 2.28. The number of nitrogens with zero attached hydrogens (tertiary/aromatic N) is 1. The molecule has 0 spiro atoms. The van der Waals surface area contributed by atoms with Crippen molar-refractivity contribution in [3.8, 4) is 0 Å². The smallest absolute Gasteiger partial charge is 0.239 e. The zero-order chi connectivity index (χ0) is 9.30. The van der Waals surface area contributed by atoms with Gasteiger partial charge in [-0.2, -0.15) is 0 Å². The molecule has 2 N–H and O–H groups in total. The largest absolute Gasteiger partial charge is 0.368 e. The highest BCUT2D eigenvalue weighted by Crippen LogP contribution is 2.18. The number of nitrogens with two attached hydrogens (primary N) is 1. The summed E-state index contributed by atoms with van der Waals surface area (Å²) >= 11 is 0. The minimum Gasteiger partial charge on any atom is -0.368 e. The molecule has 0 aliphatic carbocycles. The summed E-state index contributed by atoms with van der Waals surface area (Å²) < 4.78 is 0. The summed E-state index contributed by atoms with van der Waals surface area (Å²) in [6.07, 6.45) is 0.539. The van der Waals surface area contributed by atoms with Crippen LogP contribution in [0.5, 0.6) is 0 Å². The van der Waals surface area contributed by atoms with Crippen LogP contribution in [0.4, 0.5) is 0 Å². The van der Waals surface area contributed by atoms with E-state index in [9.17, 15) is 9.59 Å². The molecule has 1 saturated heterocycles. The Morgan fingerprint density at radius 1 is 1.75 bits per heavy atom. The quantitative estimate of drug-likeness (QED) is 0.620. The normalized spacial score (nSPS) is 26.0. The zero-order valence-corrected chi connectivity index (χ0v) is 7.41. The van der Waals surface area contributed by atoms with Gasteiger partial charge in [-0.15, -0.1) is 0 Å². The summed E-state index contributed by atoms with van der Waals surface area (Å²) in [7, 11) is 0. The standard InChI is InChI=1S/C8H14N2O2/c1-5-3-7(11)10(4-5)6(2)8(9)12/h5-6H,3-4H2,1-2H3,(H2,9,12). The van der Waals surface area contributed by atoms with Crippen molar-refractivity contribution in [2.75, 3.05) is 6.54 Å². The third-order valence-electron chi connectivity index (χ3n) is 2.23. The van der Waals surface area contributed by atoms with E-state index in [2.05, 4.69) is 0 Å². The van der Waals surface area contributed by atoms with Crippen LogP contribution in [0.3, 0.4) is 0 Å². The van der Waals surface area contributed by atoms with Gasteiger partial charge in [-0.05, 0) is 12.8 Å². The fourth-order valence-corrected chi connectivity index (χ4v) is 1.45. The molecule has 12 heavy (non-hydrogen) atoms. The first-order valence-corrected chi connectivity index (χ1v) is 4.11. The first kappa shape index (κ1) is 9.03. The predicted molar refractivity (Wildman–Crippen MR) is 44.2 cm³/mol. The van der Waals surface area contributed by atoms with Crippen LogP contribution in [0.15, 0.2) is 0 Å². The summed E-state index contributed by atoms with van der Waals surface area (Å²) in [5.74, 6) is -0.0504. The fourth-order valence-electron chi connectivity index (χ4n) is 1.45. The summed E-state index contributed by atoms with van der Waals surface area (Å²) in [6.45, 7) is 4.31. The van der Waals surface area contributed by atoms with Gasteiger partial charge in [0.2, 0.25) is 11.8 Å². The van der Waals surface area contributed by atoms with E-state index in [0.29, 0.717) is 18.9 Å². The molecule has 1 aliphatic heterocycles. The van der Waals surface area contributed by atoms with Gasteiger partial charge in [-0.25, -0.2) is 0 Å². The molecule has 0 aromatic heterocycles. The van der Waals surface area contributed by atoms with Gasteiger partial charge in [0.15, 0.2) is 0 Å². The number of carbonyl (C=O) groups excluding carboxylic acids is 2. The number of amides is 2. The minimum atomic E-state index is -0.456. The number of hydrogen-bond acceptors (Lipinski definition) is 2. The highest BCUT2D eigenvalue weighted by Gasteiger charge is 2.32. The SMILES string of the molecule is CC1CC(=O)N(C(C)C(N)=O)C1. The van der Waals surface area contributed by atoms with Crippen molar-refractivity contribution >= 4 is 11.8 Å². The van der Waals surface area contributed by atoms with Crippen LogP contribution in [-0.2, 0) is 9.59 Å². The molecule has 1 fully saturated rings. The molecule has 2 atom stereocenters. The first-order valence-electron chi connectivity index (χ1n) is 4.11. The predicted octanol–water partition coefficient (Wildman–Crippen LogP) is -0.271. The zero-order valence-electron chi connectivity index (χ0n) is 7.41. The van der Waals surface area contributed by atoms with Crippen LogP contribution in [0, 0.1) is 5.92 Å². The maximum atomic E-state index is 11.2. The molecule has 2 unspecified atom stereocenters. The molecule has 1 aliphatic rings. The van der Waals surface area contributed by atoms with Crippen molar-refractivity contribution in [2.24, 2.45) is 11.7 Å². The van der Waals surface area contributed by atoms with Gasteiger partial charge in [0, 0.05) is 13.0 Å². The summed E-state index contributed by atoms with van der Waals surface area (Å²) in [5.41, 5.74) is 5.09. The molecule has 0 saturated carbocycles. The average molecular weight is 170 g/mol. The Kier molecular flexibility index (Phi) is 2.35. The Bertz CT molecular complexity index is 215. The molecular weight excluding hydrogens is 156 g/mol. The van der Waals surface area contributed by atoms with E-state index in [1.54, 1.807) is 11.8 Å². The van der Waals surface area contributed by atoms with Crippen molar-refractivity contribution < 1.29 is 9.59 Å². The molecule has 0 radical (unpaired) electrons. The lowest BCUT2D eigenvalue weighted by Crippen LogP contribution is -2.43. The molecule has 68 valence electrons. The molecule has 1 rings (SSSR count). The molecule has 4 nitrogen and oxygen atoms in total. The lowest BCUT2D eigenvalue weighted by Gasteiger charge is -2.21. The van der Waals surface area contributed by atoms with E-state index in [0.717, 1.165) is 0 Å². The molecule has 4 heteroatoms. The number of carbonyl (C=O) groups is 2. The van der Waals surface area contributed by atoms with Crippen molar-refractivity contribution in [3.05, 3.63) is 0 Å². The highest BCUT2D eigenvalue weighted by molar-refractivity contribution is 5.87. The third-order valence-corrected chi connectivity index (χ3v) is 2.23. The third kappa shape index (κ3) is 1.57. The lowest BCUT2D eigenvalue weighted by molar-refractivity contribution is -0.135. The number of primary amides is 1. The Morgan fingerprint density at radius 3 is 2.67 bits per heavy atom. The molecular formula is C8H14N2O2. The number of likely N-dealkylation sites (tertiary alicyclic amines) is 1. The van der Waals surface area contributed by atoms with Gasteiger partial charge >= 0.3 is 0 Å². The number of hydrogen-bond donors (Lipinski definition) is 1. The molecule has 0 aromatic rings. The summed E-state index contributed by atoms with van der Waals surface area (Å²) in [6, 6.07) is -0.456. The molecule has 0 bridgehead atoms. The second kappa shape index (κ2) is 3.13. The van der Waals surface area contributed by atoms with Crippen LogP contribution >= 0.6 is 0 Å². The van der Waals surface area contributed by atoms with Crippen LogP contribution < -0.4 is 5.73 Å². The molecule has 2 amide bonds. The first-order chi connectivity index (χ1) is 5.52. The van der Waals surface area contributed by atoms with Gasteiger partial charge in [-0.1, -0.05) is 6.92 Å². The van der Waals surface area contributed by atoms with E-state index in [-0.39, 0.29) is 5.91 Å². The fraction of sp³-hybridized carbons (Fsp3) is 0.750. The van der Waals surface area contributed by atoms with E-state index >= 15 is 0 Å². The van der Waals surface area contributed by atoms with Crippen LogP contribution in [-0.4, -0.2) is 29.3 Å². The van der Waals surface area contributed by atoms with Gasteiger partial charge in [-0.3, -0.25) is 9.59 Å². The Labute approximate surface area is 71.7 Å². The Morgan fingerprint density at radius 2 is 2.33 bits per heavy atom. The van der Waals surface area contributed by atoms with Gasteiger partial charge in [0.25, 0.3) is 0 Å². The van der Waals surface area contributed by atoms with Crippen molar-refractivity contribution in [3.63, 3.8) is 0 Å². The van der Waals surface area contributed by atoms with E-state index in [1.807, 2.05) is 6.92 Å². The van der Waals surface area contributed by atoms with E-state index in [4.69, 9.17) is 5.73 Å². The Hall–Kier alpha value is -1.06. The highest BCUT2D eigenvalue weighted by atomic mass is 16.2. The van der Waals surface area contributed by atoms with Crippen molar-refractivity contribution in [2.45, 2.75) is 26.3 Å². The maximum Gasteiger partial charge on any atom is 0.239 e. The maximum absolute atomic E-state index is 11.2. The summed E-state index contributed by atoms with van der Waals surface area (Å²) in [4.78, 5) is 23.6. The molecule has 0 aromatic carbocycles. The van der Waals surface area contributed by atoms with Gasteiger partial charge in [0.05, 0.1) is 0 Å².